The van der Waals surface area contributed by atoms with E-state index >= 15 is 0 Å². The number of carbonyl (C=O) groups is 1. The van der Waals surface area contributed by atoms with E-state index in [2.05, 4.69) is 40.7 Å². The molecule has 2 heteroatoms. The Hall–Kier alpha value is -0.790. The minimum absolute atomic E-state index is 0.120. The molecule has 0 aromatic carbocycles. The van der Waals surface area contributed by atoms with Crippen molar-refractivity contribution in [3.63, 3.8) is 0 Å². The minimum atomic E-state index is 0.120. The maximum absolute atomic E-state index is 10.8. The van der Waals surface area contributed by atoms with Gasteiger partial charge in [0, 0.05) is 6.42 Å². The topological polar surface area (TPSA) is 26.3 Å². The molecule has 0 aliphatic heterocycles. The molecule has 4 aliphatic carbocycles. The number of hydrogen-bond donors (Lipinski definition) is 0. The number of rotatable bonds is 7. The highest BCUT2D eigenvalue weighted by molar-refractivity contribution is 5.38. The number of allylic oxidation sites excluding steroid dienone is 1. The number of fused-ring (bicyclic) bond motifs is 5. The molecular weight excluding hydrogens is 368 g/mol. The predicted molar refractivity (Wildman–Crippen MR) is 124 cm³/mol. The summed E-state index contributed by atoms with van der Waals surface area (Å²) in [5, 5.41) is 0. The second-order valence-electron chi connectivity index (χ2n) is 12.4. The molecule has 4 aliphatic rings. The first-order chi connectivity index (χ1) is 14.3. The van der Waals surface area contributed by atoms with Crippen LogP contribution in [-0.4, -0.2) is 12.6 Å². The van der Waals surface area contributed by atoms with Crippen LogP contribution in [0.2, 0.25) is 0 Å². The van der Waals surface area contributed by atoms with Gasteiger partial charge in [-0.2, -0.15) is 0 Å². The third-order valence-electron chi connectivity index (χ3n) is 10.5. The lowest BCUT2D eigenvalue weighted by molar-refractivity contribution is -0.136. The van der Waals surface area contributed by atoms with Gasteiger partial charge in [0.05, 0.1) is 0 Å². The summed E-state index contributed by atoms with van der Waals surface area (Å²) in [6.07, 6.45) is 17.2. The molecule has 3 saturated carbocycles. The van der Waals surface area contributed by atoms with E-state index in [9.17, 15) is 4.79 Å². The Morgan fingerprint density at radius 1 is 1.07 bits per heavy atom. The van der Waals surface area contributed by atoms with E-state index in [1.807, 2.05) is 0 Å². The van der Waals surface area contributed by atoms with E-state index in [0.717, 1.165) is 48.3 Å². The Labute approximate surface area is 185 Å². The quantitative estimate of drug-likeness (QED) is 0.317. The van der Waals surface area contributed by atoms with Crippen LogP contribution in [0, 0.1) is 46.3 Å². The van der Waals surface area contributed by atoms with Crippen molar-refractivity contribution < 1.29 is 9.53 Å². The molecule has 170 valence electrons. The molecule has 0 N–H and O–H groups in total. The van der Waals surface area contributed by atoms with Crippen molar-refractivity contribution in [2.24, 2.45) is 46.3 Å². The average molecular weight is 415 g/mol. The average Bonchev–Trinajstić information content (AvgIpc) is 3.05. The monoisotopic (exact) mass is 414 g/mol. The third kappa shape index (κ3) is 3.79. The van der Waals surface area contributed by atoms with Crippen LogP contribution in [0.5, 0.6) is 0 Å². The minimum Gasteiger partial charge on any atom is -0.464 e. The molecule has 0 heterocycles. The largest absolute Gasteiger partial charge is 0.464 e. The number of ether oxygens (including phenoxy) is 1. The lowest BCUT2D eigenvalue weighted by atomic mass is 9.47. The van der Waals surface area contributed by atoms with Crippen molar-refractivity contribution in [2.45, 2.75) is 111 Å². The summed E-state index contributed by atoms with van der Waals surface area (Å²) in [6, 6.07) is 0. The molecule has 3 unspecified atom stereocenters. The molecular formula is C28H46O2. The lowest BCUT2D eigenvalue weighted by Crippen LogP contribution is -2.51. The Morgan fingerprint density at radius 3 is 2.60 bits per heavy atom. The molecule has 0 aromatic heterocycles. The highest BCUT2D eigenvalue weighted by Gasteiger charge is 2.59. The SMILES string of the molecule is CC(C)CCC[C@H](C)[C@H]1CCC2C3CC=C4C[C@@H](OC=O)CC[C@]4(C)C3CC[C@@]21C. The maximum Gasteiger partial charge on any atom is 0.293 e. The van der Waals surface area contributed by atoms with Crippen LogP contribution in [0.1, 0.15) is 105 Å². The first kappa shape index (κ1) is 22.4. The predicted octanol–water partition coefficient (Wildman–Crippen LogP) is 7.57. The normalized spacial score (nSPS) is 43.9. The van der Waals surface area contributed by atoms with Crippen LogP contribution < -0.4 is 0 Å². The Morgan fingerprint density at radius 2 is 1.87 bits per heavy atom. The highest BCUT2D eigenvalue weighted by atomic mass is 16.5. The van der Waals surface area contributed by atoms with Gasteiger partial charge in [0.15, 0.2) is 0 Å². The fourth-order valence-electron chi connectivity index (χ4n) is 8.85. The summed E-state index contributed by atoms with van der Waals surface area (Å²) in [7, 11) is 0. The zero-order chi connectivity index (χ0) is 21.5. The van der Waals surface area contributed by atoms with Crippen LogP contribution in [0.25, 0.3) is 0 Å². The Kier molecular flexibility index (Phi) is 6.44. The standard InChI is InChI=1S/C28H46O2/c1-19(2)7-6-8-20(3)24-11-12-25-23-10-9-21-17-22(30-18-29)13-15-27(21,4)26(23)14-16-28(24,25)5/h9,18-20,22-26H,6-8,10-17H2,1-5H3/t20-,22-,23?,24+,25?,26?,27-,28+/m0/s1. The van der Waals surface area contributed by atoms with E-state index in [-0.39, 0.29) is 6.10 Å². The van der Waals surface area contributed by atoms with Crippen molar-refractivity contribution in [2.75, 3.05) is 0 Å². The van der Waals surface area contributed by atoms with Gasteiger partial charge in [-0.25, -0.2) is 0 Å². The fourth-order valence-corrected chi connectivity index (χ4v) is 8.85. The van der Waals surface area contributed by atoms with Crippen LogP contribution in [0.4, 0.5) is 0 Å². The summed E-state index contributed by atoms with van der Waals surface area (Å²) >= 11 is 0. The maximum atomic E-state index is 10.8. The highest BCUT2D eigenvalue weighted by Crippen LogP contribution is 2.67. The molecule has 0 radical (unpaired) electrons. The molecule has 30 heavy (non-hydrogen) atoms. The van der Waals surface area contributed by atoms with Gasteiger partial charge in [-0.05, 0) is 91.3 Å². The molecule has 0 saturated heterocycles. The van der Waals surface area contributed by atoms with Crippen LogP contribution in [0.3, 0.4) is 0 Å². The molecule has 8 atom stereocenters. The van der Waals surface area contributed by atoms with Gasteiger partial charge in [-0.1, -0.05) is 65.5 Å². The molecule has 0 aromatic rings. The van der Waals surface area contributed by atoms with Gasteiger partial charge in [0.2, 0.25) is 0 Å². The molecule has 3 fully saturated rings. The Bertz CT molecular complexity index is 651. The van der Waals surface area contributed by atoms with Crippen molar-refractivity contribution >= 4 is 6.47 Å². The van der Waals surface area contributed by atoms with E-state index in [1.165, 1.54) is 57.8 Å². The zero-order valence-electron chi connectivity index (χ0n) is 20.3. The fraction of sp³-hybridized carbons (Fsp3) is 0.893. The van der Waals surface area contributed by atoms with E-state index in [0.29, 0.717) is 17.3 Å². The summed E-state index contributed by atoms with van der Waals surface area (Å²) in [5.41, 5.74) is 2.54. The molecule has 2 nitrogen and oxygen atoms in total. The van der Waals surface area contributed by atoms with E-state index in [4.69, 9.17) is 4.74 Å². The van der Waals surface area contributed by atoms with E-state index < -0.39 is 0 Å². The number of hydrogen-bond acceptors (Lipinski definition) is 2. The molecule has 0 bridgehead atoms. The second-order valence-corrected chi connectivity index (χ2v) is 12.4. The van der Waals surface area contributed by atoms with Gasteiger partial charge in [-0.15, -0.1) is 0 Å². The lowest BCUT2D eigenvalue weighted by Gasteiger charge is -2.58. The summed E-state index contributed by atoms with van der Waals surface area (Å²) < 4.78 is 5.36. The molecule has 0 spiro atoms. The van der Waals surface area contributed by atoms with Gasteiger partial charge in [-0.3, -0.25) is 4.79 Å². The zero-order valence-corrected chi connectivity index (χ0v) is 20.3. The smallest absolute Gasteiger partial charge is 0.293 e. The Balaban J connectivity index is 1.47. The van der Waals surface area contributed by atoms with Crippen molar-refractivity contribution in [1.29, 1.82) is 0 Å². The third-order valence-corrected chi connectivity index (χ3v) is 10.5. The summed E-state index contributed by atoms with van der Waals surface area (Å²) in [4.78, 5) is 10.8. The van der Waals surface area contributed by atoms with Crippen LogP contribution >= 0.6 is 0 Å². The van der Waals surface area contributed by atoms with Crippen LogP contribution in [-0.2, 0) is 9.53 Å². The molecule has 0 amide bonds. The first-order valence-corrected chi connectivity index (χ1v) is 13.1. The second kappa shape index (κ2) is 8.62. The van der Waals surface area contributed by atoms with E-state index in [1.54, 1.807) is 5.57 Å². The van der Waals surface area contributed by atoms with Gasteiger partial charge in [0.1, 0.15) is 6.10 Å². The summed E-state index contributed by atoms with van der Waals surface area (Å²) in [5.74, 6) is 5.32. The van der Waals surface area contributed by atoms with Gasteiger partial charge >= 0.3 is 0 Å². The van der Waals surface area contributed by atoms with Crippen LogP contribution in [0.15, 0.2) is 11.6 Å². The van der Waals surface area contributed by atoms with Crippen molar-refractivity contribution in [3.05, 3.63) is 11.6 Å². The summed E-state index contributed by atoms with van der Waals surface area (Å²) in [6.45, 7) is 13.2. The first-order valence-electron chi connectivity index (χ1n) is 13.1. The molecule has 4 rings (SSSR count). The number of carbonyl (C=O) groups excluding carboxylic acids is 1. The van der Waals surface area contributed by atoms with Crippen molar-refractivity contribution in [3.8, 4) is 0 Å². The van der Waals surface area contributed by atoms with Gasteiger partial charge < -0.3 is 4.74 Å². The van der Waals surface area contributed by atoms with Crippen molar-refractivity contribution in [1.82, 2.24) is 0 Å². The van der Waals surface area contributed by atoms with Gasteiger partial charge in [0.25, 0.3) is 6.47 Å².